The van der Waals surface area contributed by atoms with Gasteiger partial charge in [0.05, 0.1) is 16.8 Å². The molecule has 0 unspecified atom stereocenters. The third-order valence-electron chi connectivity index (χ3n) is 6.37. The maximum absolute atomic E-state index is 13.5. The molecule has 1 heterocycles. The van der Waals surface area contributed by atoms with Gasteiger partial charge in [-0.25, -0.2) is 13.8 Å². The van der Waals surface area contributed by atoms with Gasteiger partial charge in [0, 0.05) is 22.6 Å². The molecule has 196 valence electrons. The fraction of sp³-hybridized carbons (Fsp3) is 0.200. The van der Waals surface area contributed by atoms with Crippen molar-refractivity contribution < 1.29 is 13.2 Å². The van der Waals surface area contributed by atoms with Crippen molar-refractivity contribution in [2.24, 2.45) is 5.10 Å². The topological polar surface area (TPSA) is 83.8 Å². The molecule has 1 amide bonds. The predicted molar refractivity (Wildman–Crippen MR) is 153 cm³/mol. The van der Waals surface area contributed by atoms with Gasteiger partial charge in [0.1, 0.15) is 6.54 Å². The first-order valence-corrected chi connectivity index (χ1v) is 13.9. The van der Waals surface area contributed by atoms with Crippen LogP contribution in [-0.2, 0) is 21.2 Å². The van der Waals surface area contributed by atoms with Gasteiger partial charge in [-0.1, -0.05) is 49.4 Å². The van der Waals surface area contributed by atoms with Gasteiger partial charge in [-0.05, 0) is 80.8 Å². The Morgan fingerprint density at radius 2 is 1.66 bits per heavy atom. The average molecular weight is 529 g/mol. The number of carbonyl (C=O) groups is 1. The number of aromatic nitrogens is 1. The summed E-state index contributed by atoms with van der Waals surface area (Å²) in [6.07, 6.45) is 2.41. The molecule has 4 rings (SSSR count). The molecule has 0 spiro atoms. The van der Waals surface area contributed by atoms with E-state index in [9.17, 15) is 13.2 Å². The molecule has 0 aliphatic rings. The van der Waals surface area contributed by atoms with Crippen LogP contribution in [-0.4, -0.2) is 31.7 Å². The zero-order valence-electron chi connectivity index (χ0n) is 22.0. The first-order chi connectivity index (χ1) is 18.2. The molecule has 0 saturated carbocycles. The molecule has 0 radical (unpaired) electrons. The summed E-state index contributed by atoms with van der Waals surface area (Å²) in [7, 11) is -3.97. The lowest BCUT2D eigenvalue weighted by Gasteiger charge is -2.24. The minimum absolute atomic E-state index is 0.111. The number of aryl methyl sites for hydroxylation is 3. The summed E-state index contributed by atoms with van der Waals surface area (Å²) in [4.78, 5) is 13.0. The lowest BCUT2D eigenvalue weighted by atomic mass is 10.1. The molecule has 0 fully saturated rings. The van der Waals surface area contributed by atoms with E-state index in [0.717, 1.165) is 44.5 Å². The highest BCUT2D eigenvalue weighted by Gasteiger charge is 2.27. The normalized spacial score (nSPS) is 11.6. The van der Waals surface area contributed by atoms with Gasteiger partial charge in [-0.2, -0.15) is 5.10 Å². The Hall–Kier alpha value is -4.17. The van der Waals surface area contributed by atoms with Crippen molar-refractivity contribution in [1.82, 2.24) is 9.99 Å². The van der Waals surface area contributed by atoms with Crippen molar-refractivity contribution in [2.45, 2.75) is 39.0 Å². The highest BCUT2D eigenvalue weighted by Crippen LogP contribution is 2.24. The quantitative estimate of drug-likeness (QED) is 0.236. The van der Waals surface area contributed by atoms with Crippen LogP contribution in [0.25, 0.3) is 5.69 Å². The maximum Gasteiger partial charge on any atom is 0.264 e. The lowest BCUT2D eigenvalue weighted by molar-refractivity contribution is -0.119. The molecular weight excluding hydrogens is 496 g/mol. The monoisotopic (exact) mass is 528 g/mol. The SMILES string of the molecule is CCc1ccc(N(CC(=O)N/N=C\c2cc(C)n(-c3cccc(C)c3)c2C)S(=O)(=O)c2ccccc2)cc1. The van der Waals surface area contributed by atoms with Gasteiger partial charge < -0.3 is 4.57 Å². The van der Waals surface area contributed by atoms with Gasteiger partial charge in [0.25, 0.3) is 15.9 Å². The summed E-state index contributed by atoms with van der Waals surface area (Å²) in [6.45, 7) is 7.67. The minimum atomic E-state index is -3.97. The number of nitrogens with one attached hydrogen (secondary N) is 1. The first kappa shape index (κ1) is 26.9. The Labute approximate surface area is 224 Å². The third kappa shape index (κ3) is 5.86. The zero-order chi connectivity index (χ0) is 27.3. The Bertz CT molecular complexity index is 1560. The van der Waals surface area contributed by atoms with E-state index in [4.69, 9.17) is 0 Å². The molecule has 38 heavy (non-hydrogen) atoms. The number of sulfonamides is 1. The van der Waals surface area contributed by atoms with Crippen LogP contribution in [0.1, 0.15) is 35.0 Å². The summed E-state index contributed by atoms with van der Waals surface area (Å²) in [5, 5.41) is 4.14. The van der Waals surface area contributed by atoms with E-state index in [1.54, 1.807) is 36.5 Å². The molecule has 0 aliphatic heterocycles. The van der Waals surface area contributed by atoms with Crippen molar-refractivity contribution in [1.29, 1.82) is 0 Å². The van der Waals surface area contributed by atoms with Crippen molar-refractivity contribution in [2.75, 3.05) is 10.8 Å². The largest absolute Gasteiger partial charge is 0.318 e. The third-order valence-corrected chi connectivity index (χ3v) is 8.16. The van der Waals surface area contributed by atoms with Crippen LogP contribution in [0.5, 0.6) is 0 Å². The molecule has 8 heteroatoms. The van der Waals surface area contributed by atoms with Crippen LogP contribution in [0.3, 0.4) is 0 Å². The van der Waals surface area contributed by atoms with Crippen LogP contribution in [0.2, 0.25) is 0 Å². The minimum Gasteiger partial charge on any atom is -0.318 e. The number of nitrogens with zero attached hydrogens (tertiary/aromatic N) is 3. The average Bonchev–Trinajstić information content (AvgIpc) is 3.20. The van der Waals surface area contributed by atoms with E-state index in [1.807, 2.05) is 51.1 Å². The summed E-state index contributed by atoms with van der Waals surface area (Å²) < 4.78 is 30.2. The van der Waals surface area contributed by atoms with Crippen molar-refractivity contribution in [3.63, 3.8) is 0 Å². The molecule has 0 aliphatic carbocycles. The van der Waals surface area contributed by atoms with E-state index in [0.29, 0.717) is 5.69 Å². The van der Waals surface area contributed by atoms with E-state index in [-0.39, 0.29) is 4.90 Å². The smallest absolute Gasteiger partial charge is 0.264 e. The summed E-state index contributed by atoms with van der Waals surface area (Å²) in [6, 6.07) is 25.5. The van der Waals surface area contributed by atoms with Gasteiger partial charge in [-0.3, -0.25) is 9.10 Å². The molecule has 1 aromatic heterocycles. The Balaban J connectivity index is 1.55. The summed E-state index contributed by atoms with van der Waals surface area (Å²) in [5.41, 5.74) is 9.07. The van der Waals surface area contributed by atoms with Crippen molar-refractivity contribution in [3.05, 3.63) is 113 Å². The number of hydrazone groups is 1. The van der Waals surface area contributed by atoms with E-state index in [1.165, 1.54) is 12.1 Å². The number of anilines is 1. The second kappa shape index (κ2) is 11.5. The van der Waals surface area contributed by atoms with Crippen LogP contribution in [0.4, 0.5) is 5.69 Å². The maximum atomic E-state index is 13.5. The number of hydrogen-bond acceptors (Lipinski definition) is 4. The Morgan fingerprint density at radius 1 is 0.947 bits per heavy atom. The number of amides is 1. The molecule has 0 saturated heterocycles. The highest BCUT2D eigenvalue weighted by molar-refractivity contribution is 7.92. The van der Waals surface area contributed by atoms with E-state index in [2.05, 4.69) is 34.2 Å². The van der Waals surface area contributed by atoms with Crippen LogP contribution in [0, 0.1) is 20.8 Å². The molecule has 4 aromatic rings. The van der Waals surface area contributed by atoms with Crippen LogP contribution < -0.4 is 9.73 Å². The number of hydrogen-bond donors (Lipinski definition) is 1. The molecular formula is C30H32N4O3S. The standard InChI is InChI=1S/C30H32N4O3S/c1-5-25-14-16-27(17-15-25)33(38(36,37)29-12-7-6-8-13-29)21-30(35)32-31-20-26-19-23(3)34(24(26)4)28-11-9-10-22(2)18-28/h6-20H,5,21H2,1-4H3,(H,32,35)/b31-20-. The van der Waals surface area contributed by atoms with Gasteiger partial charge in [-0.15, -0.1) is 0 Å². The molecule has 0 bridgehead atoms. The highest BCUT2D eigenvalue weighted by atomic mass is 32.2. The van der Waals surface area contributed by atoms with Gasteiger partial charge >= 0.3 is 0 Å². The van der Waals surface area contributed by atoms with Crippen molar-refractivity contribution >= 4 is 27.8 Å². The van der Waals surface area contributed by atoms with Crippen LogP contribution in [0.15, 0.2) is 94.9 Å². The fourth-order valence-corrected chi connectivity index (χ4v) is 5.80. The van der Waals surface area contributed by atoms with E-state index < -0.39 is 22.5 Å². The number of carbonyl (C=O) groups excluding carboxylic acids is 1. The predicted octanol–water partition coefficient (Wildman–Crippen LogP) is 5.31. The van der Waals surface area contributed by atoms with Gasteiger partial charge in [0.15, 0.2) is 0 Å². The number of rotatable bonds is 9. The summed E-state index contributed by atoms with van der Waals surface area (Å²) >= 11 is 0. The van der Waals surface area contributed by atoms with Crippen LogP contribution >= 0.6 is 0 Å². The summed E-state index contributed by atoms with van der Waals surface area (Å²) in [5.74, 6) is -0.548. The Morgan fingerprint density at radius 3 is 2.32 bits per heavy atom. The molecule has 7 nitrogen and oxygen atoms in total. The molecule has 1 N–H and O–H groups in total. The molecule has 3 aromatic carbocycles. The number of benzene rings is 3. The van der Waals surface area contributed by atoms with E-state index >= 15 is 0 Å². The molecule has 0 atom stereocenters. The fourth-order valence-electron chi connectivity index (χ4n) is 4.35. The van der Waals surface area contributed by atoms with Crippen molar-refractivity contribution in [3.8, 4) is 5.69 Å². The second-order valence-electron chi connectivity index (χ2n) is 9.14. The zero-order valence-corrected chi connectivity index (χ0v) is 22.9. The lowest BCUT2D eigenvalue weighted by Crippen LogP contribution is -2.39. The Kier molecular flexibility index (Phi) is 8.12. The van der Waals surface area contributed by atoms with Gasteiger partial charge in [0.2, 0.25) is 0 Å². The second-order valence-corrected chi connectivity index (χ2v) is 11.0. The first-order valence-electron chi connectivity index (χ1n) is 12.5.